The van der Waals surface area contributed by atoms with Gasteiger partial charge in [0.05, 0.1) is 12.0 Å². The van der Waals surface area contributed by atoms with E-state index in [1.807, 2.05) is 26.0 Å². The van der Waals surface area contributed by atoms with E-state index >= 15 is 0 Å². The third kappa shape index (κ3) is 2.57. The second-order valence-electron chi connectivity index (χ2n) is 7.33. The van der Waals surface area contributed by atoms with Crippen molar-refractivity contribution in [2.75, 3.05) is 7.05 Å². The van der Waals surface area contributed by atoms with E-state index < -0.39 is 5.54 Å². The molecule has 5 nitrogen and oxygen atoms in total. The number of fused-ring (bicyclic) bond motifs is 3. The molecule has 4 rings (SSSR count). The fourth-order valence-corrected chi connectivity index (χ4v) is 3.89. The van der Waals surface area contributed by atoms with E-state index in [0.717, 1.165) is 32.9 Å². The summed E-state index contributed by atoms with van der Waals surface area (Å²) < 4.78 is 2.18. The Bertz CT molecular complexity index is 1160. The van der Waals surface area contributed by atoms with Crippen molar-refractivity contribution in [3.63, 3.8) is 0 Å². The summed E-state index contributed by atoms with van der Waals surface area (Å²) in [5.41, 5.74) is 3.67. The van der Waals surface area contributed by atoms with Crippen molar-refractivity contribution in [1.82, 2.24) is 14.8 Å². The molecule has 0 aliphatic carbocycles. The van der Waals surface area contributed by atoms with Gasteiger partial charge in [0.1, 0.15) is 0 Å². The molecule has 0 bridgehead atoms. The zero-order valence-electron chi connectivity index (χ0n) is 16.0. The Morgan fingerprint density at radius 3 is 2.44 bits per heavy atom. The Kier molecular flexibility index (Phi) is 3.74. The molecule has 0 unspecified atom stereocenters. The lowest BCUT2D eigenvalue weighted by Gasteiger charge is -2.39. The second-order valence-corrected chi connectivity index (χ2v) is 7.33. The number of nitrogens with zero attached hydrogens (tertiary/aromatic N) is 2. The molecule has 1 saturated heterocycles. The SMILES string of the molecule is CC#Cc1ccc2c(c1)c1cc([C@]3(C)CC(=O)N(C)C(=N)N3)ccc1n2C. The van der Waals surface area contributed by atoms with Crippen LogP contribution in [0.25, 0.3) is 21.8 Å². The standard InChI is InChI=1S/C22H22N4O/c1-5-6-14-7-9-18-16(11-14)17-12-15(8-10-19(17)25(18)3)22(2)13-20(27)26(4)21(23)24-22/h7-12H,13H2,1-4H3,(H2,23,24)/t22-/m0/s1. The summed E-state index contributed by atoms with van der Waals surface area (Å²) in [6.07, 6.45) is 0.314. The molecular formula is C22H22N4O. The minimum Gasteiger partial charge on any atom is -0.346 e. The average molecular weight is 358 g/mol. The summed E-state index contributed by atoms with van der Waals surface area (Å²) in [6, 6.07) is 12.5. The fourth-order valence-electron chi connectivity index (χ4n) is 3.89. The van der Waals surface area contributed by atoms with Gasteiger partial charge in [0, 0.05) is 41.5 Å². The molecule has 2 aromatic carbocycles. The molecule has 27 heavy (non-hydrogen) atoms. The van der Waals surface area contributed by atoms with Gasteiger partial charge < -0.3 is 9.88 Å². The van der Waals surface area contributed by atoms with Crippen LogP contribution in [-0.4, -0.2) is 28.4 Å². The van der Waals surface area contributed by atoms with Gasteiger partial charge in [0.15, 0.2) is 5.96 Å². The predicted octanol–water partition coefficient (Wildman–Crippen LogP) is 3.30. The summed E-state index contributed by atoms with van der Waals surface area (Å²) >= 11 is 0. The van der Waals surface area contributed by atoms with Crippen molar-refractivity contribution in [2.24, 2.45) is 7.05 Å². The molecule has 0 saturated carbocycles. The van der Waals surface area contributed by atoms with Crippen molar-refractivity contribution in [3.05, 3.63) is 47.5 Å². The van der Waals surface area contributed by atoms with E-state index in [-0.39, 0.29) is 11.9 Å². The van der Waals surface area contributed by atoms with Crippen LogP contribution < -0.4 is 5.32 Å². The number of hydrogen-bond acceptors (Lipinski definition) is 2. The Labute approximate surface area is 158 Å². The Balaban J connectivity index is 1.92. The van der Waals surface area contributed by atoms with E-state index in [1.54, 1.807) is 7.05 Å². The lowest BCUT2D eigenvalue weighted by molar-refractivity contribution is -0.129. The van der Waals surface area contributed by atoms with Gasteiger partial charge in [-0.05, 0) is 49.7 Å². The molecule has 5 heteroatoms. The van der Waals surface area contributed by atoms with Gasteiger partial charge >= 0.3 is 0 Å². The first kappa shape index (κ1) is 17.2. The number of rotatable bonds is 1. The molecule has 1 atom stereocenters. The molecule has 3 aromatic rings. The Morgan fingerprint density at radius 1 is 1.11 bits per heavy atom. The minimum absolute atomic E-state index is 0.0558. The van der Waals surface area contributed by atoms with Gasteiger partial charge in [0.25, 0.3) is 0 Å². The quantitative estimate of drug-likeness (QED) is 0.656. The predicted molar refractivity (Wildman–Crippen MR) is 109 cm³/mol. The number of carbonyl (C=O) groups is 1. The number of benzene rings is 2. The lowest BCUT2D eigenvalue weighted by Crippen LogP contribution is -2.58. The van der Waals surface area contributed by atoms with Gasteiger partial charge in [-0.3, -0.25) is 15.1 Å². The molecule has 1 aliphatic rings. The molecule has 2 N–H and O–H groups in total. The van der Waals surface area contributed by atoms with E-state index in [1.165, 1.54) is 4.90 Å². The van der Waals surface area contributed by atoms with E-state index in [9.17, 15) is 4.79 Å². The van der Waals surface area contributed by atoms with Crippen molar-refractivity contribution >= 4 is 33.7 Å². The summed E-state index contributed by atoms with van der Waals surface area (Å²) in [7, 11) is 3.69. The molecule has 1 amide bonds. The summed E-state index contributed by atoms with van der Waals surface area (Å²) in [5.74, 6) is 6.16. The number of nitrogens with one attached hydrogen (secondary N) is 2. The zero-order valence-corrected chi connectivity index (χ0v) is 16.0. The maximum atomic E-state index is 12.3. The molecule has 0 spiro atoms. The van der Waals surface area contributed by atoms with Crippen molar-refractivity contribution < 1.29 is 4.79 Å². The first-order valence-corrected chi connectivity index (χ1v) is 8.93. The monoisotopic (exact) mass is 358 g/mol. The molecule has 2 heterocycles. The van der Waals surface area contributed by atoms with Crippen LogP contribution in [0.1, 0.15) is 31.4 Å². The van der Waals surface area contributed by atoms with Crippen molar-refractivity contribution in [1.29, 1.82) is 5.41 Å². The Hall–Kier alpha value is -3.26. The maximum absolute atomic E-state index is 12.3. The van der Waals surface area contributed by atoms with Crippen LogP contribution in [0.2, 0.25) is 0 Å². The van der Waals surface area contributed by atoms with E-state index in [0.29, 0.717) is 6.42 Å². The van der Waals surface area contributed by atoms with Crippen LogP contribution in [0, 0.1) is 17.3 Å². The highest BCUT2D eigenvalue weighted by Crippen LogP contribution is 2.35. The maximum Gasteiger partial charge on any atom is 0.231 e. The molecule has 136 valence electrons. The summed E-state index contributed by atoms with van der Waals surface area (Å²) in [5, 5.41) is 13.6. The summed E-state index contributed by atoms with van der Waals surface area (Å²) in [4.78, 5) is 13.7. The zero-order chi connectivity index (χ0) is 19.3. The van der Waals surface area contributed by atoms with Crippen LogP contribution in [0.4, 0.5) is 0 Å². The van der Waals surface area contributed by atoms with Crippen LogP contribution in [0.5, 0.6) is 0 Å². The number of aryl methyl sites for hydroxylation is 1. The molecule has 1 fully saturated rings. The van der Waals surface area contributed by atoms with Crippen molar-refractivity contribution in [2.45, 2.75) is 25.8 Å². The molecule has 1 aromatic heterocycles. The van der Waals surface area contributed by atoms with Crippen LogP contribution >= 0.6 is 0 Å². The highest BCUT2D eigenvalue weighted by Gasteiger charge is 2.38. The summed E-state index contributed by atoms with van der Waals surface area (Å²) in [6.45, 7) is 3.82. The lowest BCUT2D eigenvalue weighted by atomic mass is 9.86. The van der Waals surface area contributed by atoms with Gasteiger partial charge in [-0.25, -0.2) is 0 Å². The number of amides is 1. The minimum atomic E-state index is -0.599. The molecule has 0 radical (unpaired) electrons. The third-order valence-corrected chi connectivity index (χ3v) is 5.52. The average Bonchev–Trinajstić information content (AvgIpc) is 2.92. The number of carbonyl (C=O) groups excluding carboxylic acids is 1. The van der Waals surface area contributed by atoms with Crippen LogP contribution in [-0.2, 0) is 17.4 Å². The molecule has 1 aliphatic heterocycles. The first-order valence-electron chi connectivity index (χ1n) is 8.93. The topological polar surface area (TPSA) is 61.1 Å². The van der Waals surface area contributed by atoms with Gasteiger partial charge in [-0.1, -0.05) is 12.0 Å². The van der Waals surface area contributed by atoms with Gasteiger partial charge in [0.2, 0.25) is 5.91 Å². The van der Waals surface area contributed by atoms with Crippen LogP contribution in [0.15, 0.2) is 36.4 Å². The number of aromatic nitrogens is 1. The highest BCUT2D eigenvalue weighted by molar-refractivity contribution is 6.09. The molecular weight excluding hydrogens is 336 g/mol. The first-order chi connectivity index (χ1) is 12.8. The van der Waals surface area contributed by atoms with Crippen molar-refractivity contribution in [3.8, 4) is 11.8 Å². The van der Waals surface area contributed by atoms with E-state index in [2.05, 4.69) is 53.0 Å². The van der Waals surface area contributed by atoms with E-state index in [4.69, 9.17) is 5.41 Å². The highest BCUT2D eigenvalue weighted by atomic mass is 16.2. The Morgan fingerprint density at radius 2 is 1.78 bits per heavy atom. The number of guanidine groups is 1. The fraction of sp³-hybridized carbons (Fsp3) is 0.273. The number of hydrogen-bond donors (Lipinski definition) is 2. The normalized spacial score (nSPS) is 19.9. The van der Waals surface area contributed by atoms with Gasteiger partial charge in [-0.15, -0.1) is 5.92 Å². The largest absolute Gasteiger partial charge is 0.346 e. The second kappa shape index (κ2) is 5.88. The smallest absolute Gasteiger partial charge is 0.231 e. The van der Waals surface area contributed by atoms with Gasteiger partial charge in [-0.2, -0.15) is 0 Å². The third-order valence-electron chi connectivity index (χ3n) is 5.52. The van der Waals surface area contributed by atoms with Crippen LogP contribution in [0.3, 0.4) is 0 Å².